The Morgan fingerprint density at radius 2 is 1.63 bits per heavy atom. The molecule has 7 heteroatoms. The summed E-state index contributed by atoms with van der Waals surface area (Å²) in [7, 11) is 0. The van der Waals surface area contributed by atoms with Crippen LogP contribution >= 0.6 is 34.8 Å². The summed E-state index contributed by atoms with van der Waals surface area (Å²) in [6, 6.07) is 11.7. The smallest absolute Gasteiger partial charge is 0.303 e. The highest BCUT2D eigenvalue weighted by Gasteiger charge is 2.26. The quantitative estimate of drug-likeness (QED) is 0.286. The van der Waals surface area contributed by atoms with Crippen LogP contribution in [0, 0.1) is 0 Å². The molecule has 0 radical (unpaired) electrons. The zero-order valence-electron chi connectivity index (χ0n) is 17.6. The molecule has 164 valence electrons. The molecule has 0 heterocycles. The first-order chi connectivity index (χ1) is 14.2. The molecule has 0 N–H and O–H groups in total. The lowest BCUT2D eigenvalue weighted by molar-refractivity contribution is -0.146. The molecule has 2 aromatic carbocycles. The molecule has 0 saturated heterocycles. The van der Waals surface area contributed by atoms with E-state index in [2.05, 4.69) is 20.8 Å². The van der Waals surface area contributed by atoms with E-state index in [1.165, 1.54) is 6.92 Å². The van der Waals surface area contributed by atoms with Gasteiger partial charge in [0.25, 0.3) is 0 Å². The second kappa shape index (κ2) is 11.1. The zero-order valence-corrected chi connectivity index (χ0v) is 19.9. The average Bonchev–Trinajstić information content (AvgIpc) is 2.70. The van der Waals surface area contributed by atoms with Crippen molar-refractivity contribution >= 4 is 40.8 Å². The Bertz CT molecular complexity index is 827. The first-order valence-electron chi connectivity index (χ1n) is 9.77. The van der Waals surface area contributed by atoms with Crippen LogP contribution < -0.4 is 9.47 Å². The van der Waals surface area contributed by atoms with Gasteiger partial charge in [0.2, 0.25) is 0 Å². The van der Waals surface area contributed by atoms with Crippen molar-refractivity contribution in [2.75, 3.05) is 19.1 Å². The Balaban J connectivity index is 2.20. The lowest BCUT2D eigenvalue weighted by atomic mass is 9.78. The maximum Gasteiger partial charge on any atom is 0.303 e. The van der Waals surface area contributed by atoms with E-state index < -0.39 is 12.1 Å². The van der Waals surface area contributed by atoms with E-state index in [0.717, 1.165) is 23.3 Å². The molecule has 0 fully saturated rings. The minimum absolute atomic E-state index is 0.0600. The Hall–Kier alpha value is -1.62. The SMILES string of the molecule is CCCOc1ccc(C(C)(C)c2cc(Cl)c(OCC(CCl)OC(C)=O)c(Cl)c2)cc1. The maximum atomic E-state index is 11.1. The van der Waals surface area contributed by atoms with Crippen molar-refractivity contribution in [2.45, 2.75) is 45.6 Å². The number of benzene rings is 2. The fourth-order valence-corrected chi connectivity index (χ4v) is 3.68. The second-order valence-electron chi connectivity index (χ2n) is 7.46. The lowest BCUT2D eigenvalue weighted by Gasteiger charge is -2.27. The Morgan fingerprint density at radius 1 is 1.03 bits per heavy atom. The van der Waals surface area contributed by atoms with Crippen LogP contribution in [-0.2, 0) is 14.9 Å². The molecule has 0 saturated carbocycles. The van der Waals surface area contributed by atoms with Crippen LogP contribution in [0.25, 0.3) is 0 Å². The number of carbonyl (C=O) groups excluding carboxylic acids is 1. The fourth-order valence-electron chi connectivity index (χ4n) is 2.93. The van der Waals surface area contributed by atoms with Gasteiger partial charge in [-0.3, -0.25) is 4.79 Å². The molecule has 0 bridgehead atoms. The van der Waals surface area contributed by atoms with Gasteiger partial charge >= 0.3 is 5.97 Å². The van der Waals surface area contributed by atoms with Gasteiger partial charge in [0, 0.05) is 12.3 Å². The van der Waals surface area contributed by atoms with Crippen molar-refractivity contribution in [3.05, 3.63) is 57.6 Å². The third-order valence-electron chi connectivity index (χ3n) is 4.69. The predicted octanol–water partition coefficient (Wildman–Crippen LogP) is 6.66. The van der Waals surface area contributed by atoms with Crippen LogP contribution in [0.1, 0.15) is 45.2 Å². The summed E-state index contributed by atoms with van der Waals surface area (Å²) in [5.74, 6) is 0.865. The summed E-state index contributed by atoms with van der Waals surface area (Å²) in [5.41, 5.74) is 1.70. The number of carbonyl (C=O) groups is 1. The maximum absolute atomic E-state index is 11.1. The van der Waals surface area contributed by atoms with Gasteiger partial charge in [0.15, 0.2) is 5.75 Å². The zero-order chi connectivity index (χ0) is 22.3. The van der Waals surface area contributed by atoms with Crippen molar-refractivity contribution in [3.8, 4) is 11.5 Å². The first-order valence-corrected chi connectivity index (χ1v) is 11.1. The van der Waals surface area contributed by atoms with E-state index in [9.17, 15) is 4.79 Å². The molecule has 0 aromatic heterocycles. The number of esters is 1. The Morgan fingerprint density at radius 3 is 2.13 bits per heavy atom. The van der Waals surface area contributed by atoms with Crippen molar-refractivity contribution in [2.24, 2.45) is 0 Å². The van der Waals surface area contributed by atoms with Gasteiger partial charge in [0.05, 0.1) is 22.5 Å². The van der Waals surface area contributed by atoms with E-state index in [0.29, 0.717) is 22.4 Å². The van der Waals surface area contributed by atoms with Crippen molar-refractivity contribution in [3.63, 3.8) is 0 Å². The minimum atomic E-state index is -0.583. The summed E-state index contributed by atoms with van der Waals surface area (Å²) >= 11 is 18.8. The van der Waals surface area contributed by atoms with Crippen molar-refractivity contribution < 1.29 is 19.0 Å². The molecule has 30 heavy (non-hydrogen) atoms. The van der Waals surface area contributed by atoms with E-state index in [1.54, 1.807) is 0 Å². The van der Waals surface area contributed by atoms with Gasteiger partial charge in [-0.2, -0.15) is 0 Å². The number of hydrogen-bond donors (Lipinski definition) is 0. The summed E-state index contributed by atoms with van der Waals surface area (Å²) in [4.78, 5) is 11.1. The Labute approximate surface area is 193 Å². The molecular formula is C23H27Cl3O4. The van der Waals surface area contributed by atoms with E-state index in [4.69, 9.17) is 49.0 Å². The molecule has 1 unspecified atom stereocenters. The van der Waals surface area contributed by atoms with Gasteiger partial charge in [-0.15, -0.1) is 11.6 Å². The van der Waals surface area contributed by atoms with E-state index in [-0.39, 0.29) is 17.9 Å². The monoisotopic (exact) mass is 472 g/mol. The normalized spacial score (nSPS) is 12.4. The fraction of sp³-hybridized carbons (Fsp3) is 0.435. The summed E-state index contributed by atoms with van der Waals surface area (Å²) < 4.78 is 16.4. The molecule has 1 atom stereocenters. The molecule has 0 spiro atoms. The second-order valence-corrected chi connectivity index (χ2v) is 8.59. The number of hydrogen-bond acceptors (Lipinski definition) is 4. The molecule has 2 rings (SSSR count). The van der Waals surface area contributed by atoms with Gasteiger partial charge in [0.1, 0.15) is 18.5 Å². The minimum Gasteiger partial charge on any atom is -0.494 e. The molecule has 4 nitrogen and oxygen atoms in total. The highest BCUT2D eigenvalue weighted by molar-refractivity contribution is 6.37. The van der Waals surface area contributed by atoms with Crippen LogP contribution in [0.3, 0.4) is 0 Å². The summed E-state index contributed by atoms with van der Waals surface area (Å²) in [6.45, 7) is 8.34. The summed E-state index contributed by atoms with van der Waals surface area (Å²) in [5, 5.41) is 0.759. The van der Waals surface area contributed by atoms with Crippen LogP contribution in [0.5, 0.6) is 11.5 Å². The average molecular weight is 474 g/mol. The lowest BCUT2D eigenvalue weighted by Crippen LogP contribution is -2.26. The van der Waals surface area contributed by atoms with Crippen LogP contribution in [0.2, 0.25) is 10.0 Å². The topological polar surface area (TPSA) is 44.8 Å². The molecule has 0 amide bonds. The van der Waals surface area contributed by atoms with Crippen LogP contribution in [0.4, 0.5) is 0 Å². The molecule has 0 aliphatic heterocycles. The van der Waals surface area contributed by atoms with Crippen molar-refractivity contribution in [1.82, 2.24) is 0 Å². The number of ether oxygens (including phenoxy) is 3. The molecule has 2 aromatic rings. The third-order valence-corrected chi connectivity index (χ3v) is 5.59. The van der Waals surface area contributed by atoms with Gasteiger partial charge in [-0.1, -0.05) is 56.1 Å². The van der Waals surface area contributed by atoms with Gasteiger partial charge < -0.3 is 14.2 Å². The first kappa shape index (κ1) is 24.6. The highest BCUT2D eigenvalue weighted by atomic mass is 35.5. The largest absolute Gasteiger partial charge is 0.494 e. The number of halogens is 3. The standard InChI is InChI=1S/C23H27Cl3O4/c1-5-10-28-18-8-6-16(7-9-18)23(3,4)17-11-20(25)22(21(26)12-17)29-14-19(13-24)30-15(2)27/h6-9,11-12,19H,5,10,13-14H2,1-4H3. The number of rotatable bonds is 10. The molecular weight excluding hydrogens is 447 g/mol. The van der Waals surface area contributed by atoms with Crippen LogP contribution in [0.15, 0.2) is 36.4 Å². The molecule has 0 aliphatic carbocycles. The van der Waals surface area contributed by atoms with Gasteiger partial charge in [-0.05, 0) is 41.8 Å². The van der Waals surface area contributed by atoms with Gasteiger partial charge in [-0.25, -0.2) is 0 Å². The van der Waals surface area contributed by atoms with E-state index >= 15 is 0 Å². The third kappa shape index (κ3) is 6.44. The van der Waals surface area contributed by atoms with Crippen molar-refractivity contribution in [1.29, 1.82) is 0 Å². The highest BCUT2D eigenvalue weighted by Crippen LogP contribution is 2.40. The number of alkyl halides is 1. The predicted molar refractivity (Wildman–Crippen MR) is 123 cm³/mol. The summed E-state index contributed by atoms with van der Waals surface area (Å²) in [6.07, 6.45) is 0.381. The Kier molecular flexibility index (Phi) is 9.14. The van der Waals surface area contributed by atoms with Crippen LogP contribution in [-0.4, -0.2) is 31.2 Å². The van der Waals surface area contributed by atoms with E-state index in [1.807, 2.05) is 36.4 Å². The molecule has 0 aliphatic rings.